The zero-order valence-electron chi connectivity index (χ0n) is 11.1. The smallest absolute Gasteiger partial charge is 0.251 e. The van der Waals surface area contributed by atoms with Gasteiger partial charge in [-0.05, 0) is 55.9 Å². The van der Waals surface area contributed by atoms with Crippen molar-refractivity contribution in [3.05, 3.63) is 33.8 Å². The molecule has 1 aliphatic carbocycles. The SMILES string of the molecule is Cc1cc(Br)ccc1C(=O)NCC1CCCC(Cl)C1. The van der Waals surface area contributed by atoms with E-state index in [9.17, 15) is 4.79 Å². The largest absolute Gasteiger partial charge is 0.352 e. The van der Waals surface area contributed by atoms with E-state index in [2.05, 4.69) is 21.2 Å². The highest BCUT2D eigenvalue weighted by atomic mass is 79.9. The molecule has 1 amide bonds. The summed E-state index contributed by atoms with van der Waals surface area (Å²) in [6.07, 6.45) is 4.47. The lowest BCUT2D eigenvalue weighted by molar-refractivity contribution is 0.0943. The van der Waals surface area contributed by atoms with Gasteiger partial charge in [-0.1, -0.05) is 22.4 Å². The van der Waals surface area contributed by atoms with Gasteiger partial charge in [0.25, 0.3) is 5.91 Å². The third-order valence-corrected chi connectivity index (χ3v) is 4.59. The van der Waals surface area contributed by atoms with Crippen LogP contribution in [-0.2, 0) is 0 Å². The molecule has 0 saturated heterocycles. The lowest BCUT2D eigenvalue weighted by Gasteiger charge is -2.25. The first-order valence-electron chi connectivity index (χ1n) is 6.74. The molecule has 4 heteroatoms. The van der Waals surface area contributed by atoms with Gasteiger partial charge in [0, 0.05) is 22.0 Å². The third-order valence-electron chi connectivity index (χ3n) is 3.70. The van der Waals surface area contributed by atoms with Crippen LogP contribution in [-0.4, -0.2) is 17.8 Å². The minimum Gasteiger partial charge on any atom is -0.352 e. The summed E-state index contributed by atoms with van der Waals surface area (Å²) in [6, 6.07) is 5.72. The predicted molar refractivity (Wildman–Crippen MR) is 82.8 cm³/mol. The van der Waals surface area contributed by atoms with Gasteiger partial charge in [-0.15, -0.1) is 11.6 Å². The van der Waals surface area contributed by atoms with Crippen molar-refractivity contribution in [2.75, 3.05) is 6.54 Å². The predicted octanol–water partition coefficient (Wildman–Crippen LogP) is 4.28. The van der Waals surface area contributed by atoms with E-state index in [1.165, 1.54) is 12.8 Å². The third kappa shape index (κ3) is 4.22. The number of halogens is 2. The van der Waals surface area contributed by atoms with E-state index in [-0.39, 0.29) is 11.3 Å². The van der Waals surface area contributed by atoms with Crippen molar-refractivity contribution in [2.24, 2.45) is 5.92 Å². The summed E-state index contributed by atoms with van der Waals surface area (Å²) >= 11 is 9.58. The zero-order chi connectivity index (χ0) is 13.8. The van der Waals surface area contributed by atoms with E-state index in [4.69, 9.17) is 11.6 Å². The van der Waals surface area contributed by atoms with Gasteiger partial charge >= 0.3 is 0 Å². The van der Waals surface area contributed by atoms with Crippen molar-refractivity contribution in [1.29, 1.82) is 0 Å². The summed E-state index contributed by atoms with van der Waals surface area (Å²) in [7, 11) is 0. The number of nitrogens with one attached hydrogen (secondary N) is 1. The molecule has 1 aromatic rings. The maximum Gasteiger partial charge on any atom is 0.251 e. The number of amides is 1. The van der Waals surface area contributed by atoms with Crippen LogP contribution in [0.5, 0.6) is 0 Å². The summed E-state index contributed by atoms with van der Waals surface area (Å²) in [6.45, 7) is 2.69. The lowest BCUT2D eigenvalue weighted by atomic mass is 9.89. The lowest BCUT2D eigenvalue weighted by Crippen LogP contribution is -2.32. The Labute approximate surface area is 128 Å². The number of benzene rings is 1. The van der Waals surface area contributed by atoms with Gasteiger partial charge in [-0.2, -0.15) is 0 Å². The molecular formula is C15H19BrClNO. The highest BCUT2D eigenvalue weighted by molar-refractivity contribution is 9.10. The topological polar surface area (TPSA) is 29.1 Å². The second-order valence-corrected chi connectivity index (χ2v) is 6.83. The average Bonchev–Trinajstić information content (AvgIpc) is 2.36. The molecular weight excluding hydrogens is 326 g/mol. The fraction of sp³-hybridized carbons (Fsp3) is 0.533. The highest BCUT2D eigenvalue weighted by Gasteiger charge is 2.21. The van der Waals surface area contributed by atoms with Crippen LogP contribution >= 0.6 is 27.5 Å². The summed E-state index contributed by atoms with van der Waals surface area (Å²) in [5.41, 5.74) is 1.74. The molecule has 1 aliphatic rings. The van der Waals surface area contributed by atoms with Crippen LogP contribution in [0.25, 0.3) is 0 Å². The molecule has 2 atom stereocenters. The van der Waals surface area contributed by atoms with Gasteiger partial charge in [0.05, 0.1) is 0 Å². The first kappa shape index (κ1) is 14.9. The Morgan fingerprint density at radius 3 is 2.95 bits per heavy atom. The van der Waals surface area contributed by atoms with Crippen LogP contribution < -0.4 is 5.32 Å². The van der Waals surface area contributed by atoms with E-state index in [0.29, 0.717) is 5.92 Å². The maximum absolute atomic E-state index is 12.1. The number of alkyl halides is 1. The molecule has 104 valence electrons. The second-order valence-electron chi connectivity index (χ2n) is 5.30. The molecule has 0 aromatic heterocycles. The van der Waals surface area contributed by atoms with E-state index in [0.717, 1.165) is 35.0 Å². The first-order valence-corrected chi connectivity index (χ1v) is 7.97. The summed E-state index contributed by atoms with van der Waals surface area (Å²) in [5, 5.41) is 3.32. The van der Waals surface area contributed by atoms with Gasteiger partial charge in [0.2, 0.25) is 0 Å². The van der Waals surface area contributed by atoms with E-state index < -0.39 is 0 Å². The number of rotatable bonds is 3. The summed E-state index contributed by atoms with van der Waals surface area (Å²) in [4.78, 5) is 12.1. The number of carbonyl (C=O) groups excluding carboxylic acids is 1. The van der Waals surface area contributed by atoms with Gasteiger partial charge in [-0.25, -0.2) is 0 Å². The molecule has 0 bridgehead atoms. The van der Waals surface area contributed by atoms with Crippen LogP contribution in [0, 0.1) is 12.8 Å². The van der Waals surface area contributed by atoms with E-state index in [1.807, 2.05) is 25.1 Å². The van der Waals surface area contributed by atoms with Crippen LogP contribution in [0.4, 0.5) is 0 Å². The van der Waals surface area contributed by atoms with Gasteiger partial charge < -0.3 is 5.32 Å². The Hall–Kier alpha value is -0.540. The van der Waals surface area contributed by atoms with Crippen LogP contribution in [0.3, 0.4) is 0 Å². The minimum absolute atomic E-state index is 0.0155. The van der Waals surface area contributed by atoms with Crippen LogP contribution in [0.1, 0.15) is 41.6 Å². The second kappa shape index (κ2) is 6.76. The highest BCUT2D eigenvalue weighted by Crippen LogP contribution is 2.27. The number of aryl methyl sites for hydroxylation is 1. The molecule has 1 N–H and O–H groups in total. The van der Waals surface area contributed by atoms with E-state index in [1.54, 1.807) is 0 Å². The molecule has 0 heterocycles. The Bertz CT molecular complexity index is 463. The molecule has 2 rings (SSSR count). The van der Waals surface area contributed by atoms with Crippen LogP contribution in [0.15, 0.2) is 22.7 Å². The number of hydrogen-bond donors (Lipinski definition) is 1. The van der Waals surface area contributed by atoms with Gasteiger partial charge in [0.15, 0.2) is 0 Å². The molecule has 0 radical (unpaired) electrons. The molecule has 1 aromatic carbocycles. The molecule has 0 spiro atoms. The molecule has 2 nitrogen and oxygen atoms in total. The summed E-state index contributed by atoms with van der Waals surface area (Å²) in [5.74, 6) is 0.539. The normalized spacial score (nSPS) is 23.1. The Balaban J connectivity index is 1.90. The van der Waals surface area contributed by atoms with Crippen molar-refractivity contribution in [3.8, 4) is 0 Å². The molecule has 2 unspecified atom stereocenters. The molecule has 19 heavy (non-hydrogen) atoms. The monoisotopic (exact) mass is 343 g/mol. The maximum atomic E-state index is 12.1. The molecule has 1 saturated carbocycles. The standard InChI is InChI=1S/C15H19BrClNO/c1-10-7-12(16)5-6-14(10)15(19)18-9-11-3-2-4-13(17)8-11/h5-7,11,13H,2-4,8-9H2,1H3,(H,18,19). The Morgan fingerprint density at radius 1 is 1.47 bits per heavy atom. The minimum atomic E-state index is 0.0155. The fourth-order valence-electron chi connectivity index (χ4n) is 2.62. The number of carbonyl (C=O) groups is 1. The average molecular weight is 345 g/mol. The van der Waals surface area contributed by atoms with E-state index >= 15 is 0 Å². The quantitative estimate of drug-likeness (QED) is 0.815. The van der Waals surface area contributed by atoms with Gasteiger partial charge in [0.1, 0.15) is 0 Å². The fourth-order valence-corrected chi connectivity index (χ4v) is 3.51. The van der Waals surface area contributed by atoms with Crippen molar-refractivity contribution in [1.82, 2.24) is 5.32 Å². The Kier molecular flexibility index (Phi) is 5.28. The van der Waals surface area contributed by atoms with Crippen LogP contribution in [0.2, 0.25) is 0 Å². The molecule has 0 aliphatic heterocycles. The first-order chi connectivity index (χ1) is 9.06. The van der Waals surface area contributed by atoms with Crippen molar-refractivity contribution >= 4 is 33.4 Å². The van der Waals surface area contributed by atoms with Gasteiger partial charge in [-0.3, -0.25) is 4.79 Å². The van der Waals surface area contributed by atoms with Crippen molar-refractivity contribution in [2.45, 2.75) is 38.0 Å². The van der Waals surface area contributed by atoms with Crippen molar-refractivity contribution < 1.29 is 4.79 Å². The van der Waals surface area contributed by atoms with Crippen molar-refractivity contribution in [3.63, 3.8) is 0 Å². The Morgan fingerprint density at radius 2 is 2.26 bits per heavy atom. The molecule has 1 fully saturated rings. The number of hydrogen-bond acceptors (Lipinski definition) is 1. The summed E-state index contributed by atoms with van der Waals surface area (Å²) < 4.78 is 0.999. The zero-order valence-corrected chi connectivity index (χ0v) is 13.4.